The molecule has 2 aromatic carbocycles. The van der Waals surface area contributed by atoms with Gasteiger partial charge in [0.25, 0.3) is 11.7 Å². The van der Waals surface area contributed by atoms with E-state index in [0.717, 1.165) is 22.1 Å². The molecule has 1 amide bonds. The van der Waals surface area contributed by atoms with Crippen molar-refractivity contribution < 1.29 is 18.4 Å². The normalized spacial score (nSPS) is 13.8. The monoisotopic (exact) mass is 287 g/mol. The molecule has 106 valence electrons. The molecule has 0 atom stereocenters. The fraction of sp³-hybridized carbons (Fsp3) is 0.125. The highest BCUT2D eigenvalue weighted by Gasteiger charge is 2.38. The summed E-state index contributed by atoms with van der Waals surface area (Å²) in [4.78, 5) is 25.0. The summed E-state index contributed by atoms with van der Waals surface area (Å²) < 4.78 is 27.2. The molecule has 0 saturated carbocycles. The van der Waals surface area contributed by atoms with Crippen LogP contribution in [0.25, 0.3) is 0 Å². The second-order valence-corrected chi connectivity index (χ2v) is 4.93. The van der Waals surface area contributed by atoms with Gasteiger partial charge in [-0.2, -0.15) is 0 Å². The molecule has 3 rings (SSSR count). The summed E-state index contributed by atoms with van der Waals surface area (Å²) in [6.07, 6.45) is 0. The summed E-state index contributed by atoms with van der Waals surface area (Å²) in [5.41, 5.74) is 1.37. The molecule has 0 bridgehead atoms. The third-order valence-electron chi connectivity index (χ3n) is 3.57. The summed E-state index contributed by atoms with van der Waals surface area (Å²) in [6, 6.07) is 8.88. The Morgan fingerprint density at radius 1 is 1.10 bits per heavy atom. The van der Waals surface area contributed by atoms with E-state index in [1.807, 2.05) is 19.1 Å². The van der Waals surface area contributed by atoms with E-state index in [0.29, 0.717) is 6.07 Å². The molecule has 0 aromatic heterocycles. The zero-order valence-electron chi connectivity index (χ0n) is 11.2. The average molecular weight is 287 g/mol. The van der Waals surface area contributed by atoms with Gasteiger partial charge in [0.05, 0.1) is 17.8 Å². The summed E-state index contributed by atoms with van der Waals surface area (Å²) >= 11 is 0. The number of amides is 1. The molecule has 3 nitrogen and oxygen atoms in total. The molecular weight excluding hydrogens is 276 g/mol. The van der Waals surface area contributed by atoms with Crippen molar-refractivity contribution in [2.45, 2.75) is 13.5 Å². The van der Waals surface area contributed by atoms with Crippen LogP contribution in [-0.4, -0.2) is 11.7 Å². The lowest BCUT2D eigenvalue weighted by molar-refractivity contribution is -0.114. The Balaban J connectivity index is 2.08. The number of rotatable bonds is 2. The molecule has 0 aliphatic carbocycles. The van der Waals surface area contributed by atoms with E-state index in [2.05, 4.69) is 0 Å². The van der Waals surface area contributed by atoms with Gasteiger partial charge in [-0.25, -0.2) is 8.78 Å². The van der Waals surface area contributed by atoms with E-state index in [-0.39, 0.29) is 17.8 Å². The Morgan fingerprint density at radius 3 is 2.52 bits per heavy atom. The molecule has 0 saturated heterocycles. The van der Waals surface area contributed by atoms with Crippen LogP contribution in [0.15, 0.2) is 36.4 Å². The Morgan fingerprint density at radius 2 is 1.81 bits per heavy atom. The highest BCUT2D eigenvalue weighted by molar-refractivity contribution is 6.52. The number of carbonyl (C=O) groups excluding carboxylic acids is 2. The molecule has 0 fully saturated rings. The topological polar surface area (TPSA) is 37.4 Å². The number of carbonyl (C=O) groups is 2. The van der Waals surface area contributed by atoms with Crippen molar-refractivity contribution in [2.24, 2.45) is 0 Å². The Kier molecular flexibility index (Phi) is 3.05. The number of Topliss-reactive ketones (excluding diaryl/α,β-unsaturated/α-hetero) is 1. The first kappa shape index (κ1) is 13.4. The minimum absolute atomic E-state index is 0.0762. The predicted octanol–water partition coefficient (Wildman–Crippen LogP) is 3.00. The maximum atomic E-state index is 14.0. The van der Waals surface area contributed by atoms with E-state index < -0.39 is 23.3 Å². The summed E-state index contributed by atoms with van der Waals surface area (Å²) in [7, 11) is 0. The maximum absolute atomic E-state index is 14.0. The van der Waals surface area contributed by atoms with Crippen LogP contribution in [0, 0.1) is 18.6 Å². The van der Waals surface area contributed by atoms with Crippen LogP contribution >= 0.6 is 0 Å². The zero-order valence-corrected chi connectivity index (χ0v) is 11.2. The van der Waals surface area contributed by atoms with Crippen LogP contribution in [0.3, 0.4) is 0 Å². The van der Waals surface area contributed by atoms with Crippen LogP contribution < -0.4 is 4.90 Å². The van der Waals surface area contributed by atoms with E-state index in [1.54, 1.807) is 12.1 Å². The van der Waals surface area contributed by atoms with Gasteiger partial charge in [-0.1, -0.05) is 24.3 Å². The van der Waals surface area contributed by atoms with Crippen molar-refractivity contribution in [3.05, 3.63) is 64.7 Å². The van der Waals surface area contributed by atoms with Crippen molar-refractivity contribution in [1.82, 2.24) is 0 Å². The minimum atomic E-state index is -0.905. The minimum Gasteiger partial charge on any atom is -0.298 e. The molecule has 1 aliphatic rings. The van der Waals surface area contributed by atoms with Crippen LogP contribution in [-0.2, 0) is 11.3 Å². The van der Waals surface area contributed by atoms with Gasteiger partial charge in [0, 0.05) is 6.07 Å². The second-order valence-electron chi connectivity index (χ2n) is 4.93. The highest BCUT2D eigenvalue weighted by atomic mass is 19.1. The van der Waals surface area contributed by atoms with Crippen molar-refractivity contribution in [3.8, 4) is 0 Å². The van der Waals surface area contributed by atoms with Gasteiger partial charge < -0.3 is 0 Å². The van der Waals surface area contributed by atoms with Gasteiger partial charge in [-0.15, -0.1) is 0 Å². The number of aryl methyl sites for hydroxylation is 1. The van der Waals surface area contributed by atoms with Crippen molar-refractivity contribution >= 4 is 17.4 Å². The van der Waals surface area contributed by atoms with E-state index >= 15 is 0 Å². The first-order chi connectivity index (χ1) is 9.99. The molecule has 0 spiro atoms. The van der Waals surface area contributed by atoms with Crippen molar-refractivity contribution in [2.75, 3.05) is 4.90 Å². The average Bonchev–Trinajstić information content (AvgIpc) is 2.67. The fourth-order valence-electron chi connectivity index (χ4n) is 2.46. The molecular formula is C16H11F2NO2. The smallest absolute Gasteiger partial charge is 0.298 e. The predicted molar refractivity (Wildman–Crippen MR) is 73.1 cm³/mol. The van der Waals surface area contributed by atoms with Crippen LogP contribution in [0.4, 0.5) is 14.5 Å². The number of nitrogens with zero attached hydrogens (tertiary/aromatic N) is 1. The SMILES string of the molecule is Cc1ccccc1CN1C(=O)C(=O)c2cc(F)cc(F)c21. The molecule has 1 heterocycles. The fourth-order valence-corrected chi connectivity index (χ4v) is 2.46. The standard InChI is InChI=1S/C16H11F2NO2/c1-9-4-2-3-5-10(9)8-19-14-12(15(20)16(19)21)6-11(17)7-13(14)18/h2-7H,8H2,1H3. The maximum Gasteiger partial charge on any atom is 0.299 e. The quantitative estimate of drug-likeness (QED) is 0.796. The molecule has 0 N–H and O–H groups in total. The third kappa shape index (κ3) is 2.11. The Hall–Kier alpha value is -2.56. The summed E-state index contributed by atoms with van der Waals surface area (Å²) in [5.74, 6) is -3.49. The van der Waals surface area contributed by atoms with E-state index in [1.165, 1.54) is 0 Å². The molecule has 2 aromatic rings. The molecule has 21 heavy (non-hydrogen) atoms. The highest BCUT2D eigenvalue weighted by Crippen LogP contribution is 2.34. The number of fused-ring (bicyclic) bond motifs is 1. The van der Waals surface area contributed by atoms with Gasteiger partial charge in [0.15, 0.2) is 5.82 Å². The van der Waals surface area contributed by atoms with Crippen molar-refractivity contribution in [1.29, 1.82) is 0 Å². The molecule has 0 unspecified atom stereocenters. The second kappa shape index (κ2) is 4.77. The van der Waals surface area contributed by atoms with Crippen LogP contribution in [0.2, 0.25) is 0 Å². The van der Waals surface area contributed by atoms with E-state index in [4.69, 9.17) is 0 Å². The van der Waals surface area contributed by atoms with Gasteiger partial charge in [0.2, 0.25) is 0 Å². The first-order valence-corrected chi connectivity index (χ1v) is 6.39. The Labute approximate surface area is 119 Å². The number of hydrogen-bond donors (Lipinski definition) is 0. The number of halogens is 2. The van der Waals surface area contributed by atoms with E-state index in [9.17, 15) is 18.4 Å². The Bertz CT molecular complexity index is 771. The lowest BCUT2D eigenvalue weighted by Crippen LogP contribution is -2.29. The number of benzene rings is 2. The first-order valence-electron chi connectivity index (χ1n) is 6.39. The lowest BCUT2D eigenvalue weighted by atomic mass is 10.1. The summed E-state index contributed by atoms with van der Waals surface area (Å²) in [5, 5.41) is 0. The molecule has 1 aliphatic heterocycles. The van der Waals surface area contributed by atoms with Gasteiger partial charge in [-0.3, -0.25) is 14.5 Å². The molecule has 5 heteroatoms. The lowest BCUT2D eigenvalue weighted by Gasteiger charge is -2.18. The largest absolute Gasteiger partial charge is 0.299 e. The van der Waals surface area contributed by atoms with Gasteiger partial charge in [-0.05, 0) is 24.1 Å². The van der Waals surface area contributed by atoms with Crippen LogP contribution in [0.1, 0.15) is 21.5 Å². The van der Waals surface area contributed by atoms with Crippen LogP contribution in [0.5, 0.6) is 0 Å². The number of anilines is 1. The van der Waals surface area contributed by atoms with Gasteiger partial charge >= 0.3 is 0 Å². The van der Waals surface area contributed by atoms with Gasteiger partial charge in [0.1, 0.15) is 5.82 Å². The zero-order chi connectivity index (χ0) is 15.1. The number of hydrogen-bond acceptors (Lipinski definition) is 2. The third-order valence-corrected chi connectivity index (χ3v) is 3.57. The molecule has 0 radical (unpaired) electrons. The summed E-state index contributed by atoms with van der Waals surface area (Å²) in [6.45, 7) is 1.94. The number of ketones is 1. The van der Waals surface area contributed by atoms with Crippen molar-refractivity contribution in [3.63, 3.8) is 0 Å².